The Bertz CT molecular complexity index is 1230. The molecular weight excluding hydrogens is 428 g/mol. The Balaban J connectivity index is 1.40. The fourth-order valence-electron chi connectivity index (χ4n) is 3.41. The van der Waals surface area contributed by atoms with Gasteiger partial charge in [-0.1, -0.05) is 60.7 Å². The number of amides is 1. The summed E-state index contributed by atoms with van der Waals surface area (Å²) in [6.45, 7) is 0.836. The van der Waals surface area contributed by atoms with E-state index in [1.807, 2.05) is 72.8 Å². The Morgan fingerprint density at radius 1 is 0.765 bits per heavy atom. The van der Waals surface area contributed by atoms with Crippen molar-refractivity contribution in [3.63, 3.8) is 0 Å². The topological polar surface area (TPSA) is 82.8 Å². The summed E-state index contributed by atoms with van der Waals surface area (Å²) in [5.41, 5.74) is 9.49. The molecule has 6 heteroatoms. The van der Waals surface area contributed by atoms with Gasteiger partial charge in [-0.3, -0.25) is 4.79 Å². The molecule has 3 N–H and O–H groups in total. The summed E-state index contributed by atoms with van der Waals surface area (Å²) in [5, 5.41) is 2.86. The first-order valence-electron chi connectivity index (χ1n) is 10.9. The Labute approximate surface area is 198 Å². The monoisotopic (exact) mass is 454 g/mol. The highest BCUT2D eigenvalue weighted by atomic mass is 16.5. The standard InChI is InChI=1S/C28H26N2O4/c1-32-27-25(34-19-21-10-6-3-7-11-21)17-16-24(26(27)29)28(31)30-22-12-14-23(15-13-22)33-18-20-8-4-2-5-9-20/h2-17H,18-19,29H2,1H3,(H,30,31). The largest absolute Gasteiger partial charge is 0.491 e. The SMILES string of the molecule is COc1c(OCc2ccccc2)ccc(C(=O)Nc2ccc(OCc3ccccc3)cc2)c1N. The number of nitrogen functional groups attached to an aromatic ring is 1. The van der Waals surface area contributed by atoms with E-state index in [1.165, 1.54) is 7.11 Å². The minimum absolute atomic E-state index is 0.216. The lowest BCUT2D eigenvalue weighted by Crippen LogP contribution is -2.15. The highest BCUT2D eigenvalue weighted by molar-refractivity contribution is 6.08. The van der Waals surface area contributed by atoms with E-state index in [0.29, 0.717) is 41.7 Å². The van der Waals surface area contributed by atoms with Gasteiger partial charge in [-0.05, 0) is 47.5 Å². The predicted molar refractivity (Wildman–Crippen MR) is 133 cm³/mol. The second-order valence-electron chi connectivity index (χ2n) is 7.59. The van der Waals surface area contributed by atoms with E-state index in [9.17, 15) is 4.79 Å². The highest BCUT2D eigenvalue weighted by Gasteiger charge is 2.18. The summed E-state index contributed by atoms with van der Waals surface area (Å²) < 4.78 is 17.1. The van der Waals surface area contributed by atoms with Gasteiger partial charge in [0.25, 0.3) is 5.91 Å². The molecule has 1 amide bonds. The average Bonchev–Trinajstić information content (AvgIpc) is 2.88. The Kier molecular flexibility index (Phi) is 7.30. The van der Waals surface area contributed by atoms with Gasteiger partial charge in [0.05, 0.1) is 18.4 Å². The van der Waals surface area contributed by atoms with Crippen LogP contribution < -0.4 is 25.3 Å². The van der Waals surface area contributed by atoms with Gasteiger partial charge >= 0.3 is 0 Å². The van der Waals surface area contributed by atoms with Crippen LogP contribution in [0.25, 0.3) is 0 Å². The summed E-state index contributed by atoms with van der Waals surface area (Å²) in [7, 11) is 1.50. The first-order valence-corrected chi connectivity index (χ1v) is 10.9. The summed E-state index contributed by atoms with van der Waals surface area (Å²) >= 11 is 0. The highest BCUT2D eigenvalue weighted by Crippen LogP contribution is 2.36. The molecule has 0 saturated heterocycles. The molecule has 0 saturated carbocycles. The third kappa shape index (κ3) is 5.66. The van der Waals surface area contributed by atoms with Crippen LogP contribution >= 0.6 is 0 Å². The van der Waals surface area contributed by atoms with Crippen LogP contribution in [-0.4, -0.2) is 13.0 Å². The third-order valence-electron chi connectivity index (χ3n) is 5.21. The smallest absolute Gasteiger partial charge is 0.257 e. The van der Waals surface area contributed by atoms with E-state index in [0.717, 1.165) is 11.1 Å². The molecule has 4 rings (SSSR count). The van der Waals surface area contributed by atoms with Crippen LogP contribution in [0.15, 0.2) is 97.1 Å². The lowest BCUT2D eigenvalue weighted by Gasteiger charge is -2.15. The number of benzene rings is 4. The summed E-state index contributed by atoms with van der Waals surface area (Å²) in [6.07, 6.45) is 0. The van der Waals surface area contributed by atoms with Crippen LogP contribution in [-0.2, 0) is 13.2 Å². The molecule has 0 aliphatic rings. The van der Waals surface area contributed by atoms with E-state index < -0.39 is 0 Å². The van der Waals surface area contributed by atoms with Crippen LogP contribution in [0.1, 0.15) is 21.5 Å². The average molecular weight is 455 g/mol. The number of nitrogens with one attached hydrogen (secondary N) is 1. The lowest BCUT2D eigenvalue weighted by atomic mass is 10.1. The molecule has 4 aromatic rings. The van der Waals surface area contributed by atoms with Gasteiger partial charge < -0.3 is 25.3 Å². The van der Waals surface area contributed by atoms with Crippen LogP contribution in [0.4, 0.5) is 11.4 Å². The number of ether oxygens (including phenoxy) is 3. The molecule has 172 valence electrons. The molecular formula is C28H26N2O4. The van der Waals surface area contributed by atoms with Gasteiger partial charge in [0, 0.05) is 5.69 Å². The maximum atomic E-state index is 12.9. The van der Waals surface area contributed by atoms with Crippen LogP contribution in [0.5, 0.6) is 17.2 Å². The molecule has 0 aliphatic heterocycles. The van der Waals surface area contributed by atoms with E-state index in [-0.39, 0.29) is 11.6 Å². The number of methoxy groups -OCH3 is 1. The zero-order chi connectivity index (χ0) is 23.8. The Hall–Kier alpha value is -4.45. The molecule has 0 radical (unpaired) electrons. The molecule has 34 heavy (non-hydrogen) atoms. The van der Waals surface area contributed by atoms with Crippen molar-refractivity contribution in [2.45, 2.75) is 13.2 Å². The zero-order valence-electron chi connectivity index (χ0n) is 18.9. The van der Waals surface area contributed by atoms with Gasteiger partial charge in [0.1, 0.15) is 19.0 Å². The minimum atomic E-state index is -0.344. The zero-order valence-corrected chi connectivity index (χ0v) is 18.9. The normalized spacial score (nSPS) is 10.4. The van der Waals surface area contributed by atoms with Crippen molar-refractivity contribution in [1.82, 2.24) is 0 Å². The number of carbonyl (C=O) groups is 1. The maximum Gasteiger partial charge on any atom is 0.257 e. The second-order valence-corrected chi connectivity index (χ2v) is 7.59. The fourth-order valence-corrected chi connectivity index (χ4v) is 3.41. The van der Waals surface area contributed by atoms with Gasteiger partial charge in [0.2, 0.25) is 0 Å². The number of hydrogen-bond donors (Lipinski definition) is 2. The quantitative estimate of drug-likeness (QED) is 0.318. The van der Waals surface area contributed by atoms with Crippen LogP contribution in [0, 0.1) is 0 Å². The Morgan fingerprint density at radius 3 is 1.94 bits per heavy atom. The molecule has 0 aromatic heterocycles. The summed E-state index contributed by atoms with van der Waals surface area (Å²) in [5.74, 6) is 1.17. The molecule has 0 fully saturated rings. The molecule has 4 aromatic carbocycles. The maximum absolute atomic E-state index is 12.9. The van der Waals surface area contributed by atoms with Crippen molar-refractivity contribution in [2.75, 3.05) is 18.2 Å². The first kappa shape index (κ1) is 22.7. The van der Waals surface area contributed by atoms with Crippen molar-refractivity contribution >= 4 is 17.3 Å². The summed E-state index contributed by atoms with van der Waals surface area (Å²) in [4.78, 5) is 12.9. The third-order valence-corrected chi connectivity index (χ3v) is 5.21. The van der Waals surface area contributed by atoms with E-state index in [2.05, 4.69) is 5.32 Å². The molecule has 0 atom stereocenters. The van der Waals surface area contributed by atoms with E-state index in [4.69, 9.17) is 19.9 Å². The van der Waals surface area contributed by atoms with Crippen molar-refractivity contribution in [3.05, 3.63) is 114 Å². The molecule has 6 nitrogen and oxygen atoms in total. The lowest BCUT2D eigenvalue weighted by molar-refractivity contribution is 0.102. The first-order chi connectivity index (χ1) is 16.6. The minimum Gasteiger partial charge on any atom is -0.491 e. The van der Waals surface area contributed by atoms with Crippen LogP contribution in [0.3, 0.4) is 0 Å². The van der Waals surface area contributed by atoms with E-state index in [1.54, 1.807) is 24.3 Å². The molecule has 0 aliphatic carbocycles. The van der Waals surface area contributed by atoms with Crippen LogP contribution in [0.2, 0.25) is 0 Å². The molecule has 0 heterocycles. The van der Waals surface area contributed by atoms with Gasteiger partial charge in [0.15, 0.2) is 11.5 Å². The fraction of sp³-hybridized carbons (Fsp3) is 0.107. The number of hydrogen-bond acceptors (Lipinski definition) is 5. The van der Waals surface area contributed by atoms with Crippen molar-refractivity contribution in [1.29, 1.82) is 0 Å². The van der Waals surface area contributed by atoms with Gasteiger partial charge in [-0.15, -0.1) is 0 Å². The molecule has 0 bridgehead atoms. The number of anilines is 2. The van der Waals surface area contributed by atoms with Gasteiger partial charge in [-0.2, -0.15) is 0 Å². The summed E-state index contributed by atoms with van der Waals surface area (Å²) in [6, 6.07) is 30.2. The van der Waals surface area contributed by atoms with Gasteiger partial charge in [-0.25, -0.2) is 0 Å². The Morgan fingerprint density at radius 2 is 1.35 bits per heavy atom. The molecule has 0 unspecified atom stereocenters. The number of rotatable bonds is 9. The van der Waals surface area contributed by atoms with E-state index >= 15 is 0 Å². The van der Waals surface area contributed by atoms with Crippen molar-refractivity contribution in [2.24, 2.45) is 0 Å². The van der Waals surface area contributed by atoms with Crippen molar-refractivity contribution in [3.8, 4) is 17.2 Å². The second kappa shape index (κ2) is 10.9. The number of nitrogens with two attached hydrogens (primary N) is 1. The number of carbonyl (C=O) groups excluding carboxylic acids is 1. The predicted octanol–water partition coefficient (Wildman–Crippen LogP) is 5.69. The molecule has 0 spiro atoms. The van der Waals surface area contributed by atoms with Crippen molar-refractivity contribution < 1.29 is 19.0 Å².